The third kappa shape index (κ3) is 4.33. The van der Waals surface area contributed by atoms with Crippen molar-refractivity contribution in [3.63, 3.8) is 0 Å². The molecule has 1 aliphatic carbocycles. The summed E-state index contributed by atoms with van der Waals surface area (Å²) in [7, 11) is 0. The summed E-state index contributed by atoms with van der Waals surface area (Å²) in [6, 6.07) is 3.93. The number of thioether (sulfide) groups is 1. The Morgan fingerprint density at radius 2 is 2.16 bits per heavy atom. The summed E-state index contributed by atoms with van der Waals surface area (Å²) < 4.78 is 5.63. The van der Waals surface area contributed by atoms with Gasteiger partial charge < -0.3 is 4.42 Å². The normalized spacial score (nSPS) is 15.2. The lowest BCUT2D eigenvalue weighted by Gasteiger charge is -2.05. The zero-order valence-electron chi connectivity index (χ0n) is 14.3. The van der Waals surface area contributed by atoms with Crippen LogP contribution in [0.4, 0.5) is 0 Å². The smallest absolute Gasteiger partial charge is 0.208 e. The fourth-order valence-electron chi connectivity index (χ4n) is 3.27. The molecule has 0 atom stereocenters. The minimum absolute atomic E-state index is 0.774. The van der Waals surface area contributed by atoms with Crippen LogP contribution in [0.25, 0.3) is 10.8 Å². The van der Waals surface area contributed by atoms with Crippen LogP contribution >= 0.6 is 23.1 Å². The molecule has 0 radical (unpaired) electrons. The van der Waals surface area contributed by atoms with Crippen molar-refractivity contribution >= 4 is 23.1 Å². The standard InChI is InChI=1S/C18H22N4OS2/c1-12-6-8-15(23-12)17-19-14(10-24-17)11-25-18-20-16(21-22-18)9-7-13-4-2-3-5-13/h6,8,10,13H,2-5,7,9,11H2,1H3,(H,20,21,22). The van der Waals surface area contributed by atoms with E-state index < -0.39 is 0 Å². The minimum atomic E-state index is 0.774. The van der Waals surface area contributed by atoms with Crippen molar-refractivity contribution in [3.8, 4) is 10.8 Å². The second-order valence-corrected chi connectivity index (χ2v) is 8.40. The molecule has 5 nitrogen and oxygen atoms in total. The molecule has 1 aliphatic rings. The number of H-pyrrole nitrogens is 1. The number of hydrogen-bond acceptors (Lipinski definition) is 6. The van der Waals surface area contributed by atoms with Gasteiger partial charge in [-0.3, -0.25) is 5.10 Å². The van der Waals surface area contributed by atoms with Crippen LogP contribution < -0.4 is 0 Å². The van der Waals surface area contributed by atoms with E-state index in [4.69, 9.17) is 4.42 Å². The van der Waals surface area contributed by atoms with Gasteiger partial charge in [0.2, 0.25) is 5.16 Å². The van der Waals surface area contributed by atoms with Gasteiger partial charge >= 0.3 is 0 Å². The summed E-state index contributed by atoms with van der Waals surface area (Å²) in [5.41, 5.74) is 1.04. The second kappa shape index (κ2) is 7.74. The molecule has 3 aromatic heterocycles. The molecule has 1 fully saturated rings. The van der Waals surface area contributed by atoms with Crippen LogP contribution in [-0.2, 0) is 12.2 Å². The molecule has 0 saturated heterocycles. The van der Waals surface area contributed by atoms with Crippen LogP contribution in [0.2, 0.25) is 0 Å². The predicted octanol–water partition coefficient (Wildman–Crippen LogP) is 5.24. The fourth-order valence-corrected chi connectivity index (χ4v) is 4.86. The van der Waals surface area contributed by atoms with Crippen molar-refractivity contribution in [3.05, 3.63) is 34.8 Å². The molecule has 0 aliphatic heterocycles. The van der Waals surface area contributed by atoms with Crippen molar-refractivity contribution < 1.29 is 4.42 Å². The van der Waals surface area contributed by atoms with E-state index in [0.717, 1.165) is 51.3 Å². The van der Waals surface area contributed by atoms with Gasteiger partial charge in [-0.15, -0.1) is 16.4 Å². The SMILES string of the molecule is Cc1ccc(-c2nc(CSc3n[nH]c(CCC4CCCC4)n3)cs2)o1. The largest absolute Gasteiger partial charge is 0.459 e. The van der Waals surface area contributed by atoms with Crippen LogP contribution in [0.3, 0.4) is 0 Å². The lowest BCUT2D eigenvalue weighted by molar-refractivity contribution is 0.497. The fraction of sp³-hybridized carbons (Fsp3) is 0.500. The van der Waals surface area contributed by atoms with Gasteiger partial charge in [-0.25, -0.2) is 9.97 Å². The molecule has 1 N–H and O–H groups in total. The third-order valence-electron chi connectivity index (χ3n) is 4.63. The average molecular weight is 375 g/mol. The molecule has 0 aromatic carbocycles. The minimum Gasteiger partial charge on any atom is -0.459 e. The van der Waals surface area contributed by atoms with E-state index in [2.05, 4.69) is 25.5 Å². The molecule has 0 spiro atoms. The molecular weight excluding hydrogens is 352 g/mol. The van der Waals surface area contributed by atoms with Crippen LogP contribution in [0, 0.1) is 12.8 Å². The van der Waals surface area contributed by atoms with E-state index in [1.54, 1.807) is 23.1 Å². The maximum atomic E-state index is 5.63. The Kier molecular flexibility index (Phi) is 5.22. The van der Waals surface area contributed by atoms with Gasteiger partial charge in [0.05, 0.1) is 5.69 Å². The second-order valence-electron chi connectivity index (χ2n) is 6.60. The number of thiazole rings is 1. The van der Waals surface area contributed by atoms with Crippen molar-refractivity contribution in [2.75, 3.05) is 0 Å². The first-order valence-corrected chi connectivity index (χ1v) is 10.7. The van der Waals surface area contributed by atoms with E-state index in [9.17, 15) is 0 Å². The molecule has 3 aromatic rings. The number of furan rings is 1. The molecule has 3 heterocycles. The highest BCUT2D eigenvalue weighted by atomic mass is 32.2. The van der Waals surface area contributed by atoms with Gasteiger partial charge in [0.25, 0.3) is 0 Å². The number of rotatable bonds is 7. The summed E-state index contributed by atoms with van der Waals surface area (Å²) in [5.74, 6) is 4.42. The quantitative estimate of drug-likeness (QED) is 0.572. The van der Waals surface area contributed by atoms with Crippen LogP contribution in [0.5, 0.6) is 0 Å². The number of nitrogens with zero attached hydrogens (tertiary/aromatic N) is 3. The highest BCUT2D eigenvalue weighted by molar-refractivity contribution is 7.98. The summed E-state index contributed by atoms with van der Waals surface area (Å²) in [6.07, 6.45) is 7.81. The van der Waals surface area contributed by atoms with Gasteiger partial charge in [0.15, 0.2) is 10.8 Å². The Bertz CT molecular complexity index is 817. The number of aryl methyl sites for hydroxylation is 2. The average Bonchev–Trinajstić information content (AvgIpc) is 3.38. The third-order valence-corrected chi connectivity index (χ3v) is 6.41. The first-order valence-electron chi connectivity index (χ1n) is 8.81. The summed E-state index contributed by atoms with van der Waals surface area (Å²) >= 11 is 3.24. The van der Waals surface area contributed by atoms with E-state index in [1.165, 1.54) is 32.1 Å². The van der Waals surface area contributed by atoms with Crippen molar-refractivity contribution in [2.24, 2.45) is 5.92 Å². The Morgan fingerprint density at radius 3 is 2.96 bits per heavy atom. The molecule has 0 amide bonds. The van der Waals surface area contributed by atoms with E-state index in [0.29, 0.717) is 0 Å². The Labute approximate surface area is 155 Å². The van der Waals surface area contributed by atoms with Gasteiger partial charge in [-0.2, -0.15) is 0 Å². The summed E-state index contributed by atoms with van der Waals surface area (Å²) in [5, 5.41) is 11.2. The Morgan fingerprint density at radius 1 is 1.28 bits per heavy atom. The van der Waals surface area contributed by atoms with Crippen LogP contribution in [-0.4, -0.2) is 20.2 Å². The lowest BCUT2D eigenvalue weighted by atomic mass is 10.0. The first-order chi connectivity index (χ1) is 12.3. The summed E-state index contributed by atoms with van der Waals surface area (Å²) in [6.45, 7) is 1.95. The number of aromatic amines is 1. The van der Waals surface area contributed by atoms with E-state index >= 15 is 0 Å². The number of hydrogen-bond donors (Lipinski definition) is 1. The zero-order valence-corrected chi connectivity index (χ0v) is 16.0. The highest BCUT2D eigenvalue weighted by Crippen LogP contribution is 2.29. The number of aromatic nitrogens is 4. The monoisotopic (exact) mass is 374 g/mol. The van der Waals surface area contributed by atoms with Gasteiger partial charge in [-0.1, -0.05) is 37.4 Å². The maximum absolute atomic E-state index is 5.63. The number of nitrogens with one attached hydrogen (secondary N) is 1. The maximum Gasteiger partial charge on any atom is 0.208 e. The lowest BCUT2D eigenvalue weighted by Crippen LogP contribution is -1.97. The first kappa shape index (κ1) is 16.8. The molecule has 132 valence electrons. The molecule has 4 rings (SSSR count). The molecule has 0 unspecified atom stereocenters. The Balaban J connectivity index is 1.29. The zero-order chi connectivity index (χ0) is 17.1. The van der Waals surface area contributed by atoms with Crippen molar-refractivity contribution in [2.45, 2.75) is 56.4 Å². The van der Waals surface area contributed by atoms with E-state index in [1.807, 2.05) is 19.1 Å². The van der Waals surface area contributed by atoms with E-state index in [-0.39, 0.29) is 0 Å². The Hall–Kier alpha value is -1.60. The van der Waals surface area contributed by atoms with Gasteiger partial charge in [-0.05, 0) is 31.4 Å². The van der Waals surface area contributed by atoms with Gasteiger partial charge in [0, 0.05) is 17.6 Å². The predicted molar refractivity (Wildman–Crippen MR) is 101 cm³/mol. The van der Waals surface area contributed by atoms with Crippen LogP contribution in [0.1, 0.15) is 49.4 Å². The van der Waals surface area contributed by atoms with Crippen LogP contribution in [0.15, 0.2) is 27.1 Å². The summed E-state index contributed by atoms with van der Waals surface area (Å²) in [4.78, 5) is 9.25. The van der Waals surface area contributed by atoms with Crippen molar-refractivity contribution in [1.29, 1.82) is 0 Å². The molecule has 1 saturated carbocycles. The molecule has 25 heavy (non-hydrogen) atoms. The molecular formula is C18H22N4OS2. The molecule has 7 heteroatoms. The van der Waals surface area contributed by atoms with Gasteiger partial charge in [0.1, 0.15) is 11.6 Å². The topological polar surface area (TPSA) is 67.6 Å². The molecule has 0 bridgehead atoms. The highest BCUT2D eigenvalue weighted by Gasteiger charge is 2.16. The van der Waals surface area contributed by atoms with Crippen molar-refractivity contribution in [1.82, 2.24) is 20.2 Å².